The van der Waals surface area contributed by atoms with Crippen LogP contribution in [0.15, 0.2) is 59.1 Å². The van der Waals surface area contributed by atoms with E-state index in [0.29, 0.717) is 0 Å². The van der Waals surface area contributed by atoms with E-state index in [1.165, 1.54) is 24.4 Å². The summed E-state index contributed by atoms with van der Waals surface area (Å²) in [5.41, 5.74) is 2.76. The molecule has 0 fully saturated rings. The molecule has 0 bridgehead atoms. The van der Waals surface area contributed by atoms with E-state index < -0.39 is 16.0 Å². The predicted octanol–water partition coefficient (Wildman–Crippen LogP) is 3.01. The van der Waals surface area contributed by atoms with Crippen molar-refractivity contribution in [3.63, 3.8) is 0 Å². The van der Waals surface area contributed by atoms with Gasteiger partial charge in [0.25, 0.3) is 16.0 Å². The Balaban J connectivity index is 2.19. The van der Waals surface area contributed by atoms with E-state index in [9.17, 15) is 18.5 Å². The van der Waals surface area contributed by atoms with Crippen molar-refractivity contribution in [1.29, 1.82) is 5.26 Å². The summed E-state index contributed by atoms with van der Waals surface area (Å²) >= 11 is 0. The average molecular weight is 371 g/mol. The molecule has 0 saturated carbocycles. The van der Waals surface area contributed by atoms with E-state index in [-0.39, 0.29) is 16.2 Å². The monoisotopic (exact) mass is 371 g/mol. The van der Waals surface area contributed by atoms with E-state index in [4.69, 9.17) is 4.55 Å². The van der Waals surface area contributed by atoms with Gasteiger partial charge in [-0.05, 0) is 49.2 Å². The van der Waals surface area contributed by atoms with Crippen LogP contribution in [-0.2, 0) is 14.9 Å². The van der Waals surface area contributed by atoms with E-state index in [1.54, 1.807) is 6.07 Å². The molecule has 0 heterocycles. The summed E-state index contributed by atoms with van der Waals surface area (Å²) in [6.45, 7) is 3.86. The number of amides is 1. The third-order valence-corrected chi connectivity index (χ3v) is 4.58. The fourth-order valence-corrected chi connectivity index (χ4v) is 2.67. The molecule has 2 aromatic carbocycles. The molecule has 134 valence electrons. The van der Waals surface area contributed by atoms with Gasteiger partial charge in [0.1, 0.15) is 11.6 Å². The molecule has 3 N–H and O–H groups in total. The van der Waals surface area contributed by atoms with Crippen molar-refractivity contribution in [2.24, 2.45) is 0 Å². The summed E-state index contributed by atoms with van der Waals surface area (Å²) in [6, 6.07) is 12.5. The van der Waals surface area contributed by atoms with Crippen molar-refractivity contribution in [1.82, 2.24) is 0 Å². The number of carbonyl (C=O) groups is 1. The van der Waals surface area contributed by atoms with Gasteiger partial charge in [-0.25, -0.2) is 0 Å². The fraction of sp³-hybridized carbons (Fsp3) is 0.111. The first kappa shape index (κ1) is 19.2. The molecule has 0 spiro atoms. The number of nitrogens with one attached hydrogen (secondary N) is 2. The molecule has 1 amide bonds. The van der Waals surface area contributed by atoms with E-state index >= 15 is 0 Å². The maximum absolute atomic E-state index is 12.2. The number of benzene rings is 2. The average Bonchev–Trinajstić information content (AvgIpc) is 2.58. The highest BCUT2D eigenvalue weighted by molar-refractivity contribution is 7.85. The summed E-state index contributed by atoms with van der Waals surface area (Å²) in [5.74, 6) is -0.710. The Labute approximate surface area is 151 Å². The summed E-state index contributed by atoms with van der Waals surface area (Å²) < 4.78 is 31.3. The maximum Gasteiger partial charge on any atom is 0.294 e. The van der Waals surface area contributed by atoms with Gasteiger partial charge in [0.2, 0.25) is 0 Å². The van der Waals surface area contributed by atoms with Crippen LogP contribution in [0.5, 0.6) is 0 Å². The maximum atomic E-state index is 12.2. The Bertz CT molecular complexity index is 1020. The molecule has 0 aliphatic heterocycles. The molecule has 8 heteroatoms. The molecule has 2 aromatic rings. The van der Waals surface area contributed by atoms with Gasteiger partial charge in [-0.2, -0.15) is 13.7 Å². The summed E-state index contributed by atoms with van der Waals surface area (Å²) in [6.07, 6.45) is 1.28. The minimum absolute atomic E-state index is 0.137. The number of nitriles is 1. The van der Waals surface area contributed by atoms with Gasteiger partial charge in [0, 0.05) is 17.6 Å². The Morgan fingerprint density at radius 1 is 1.19 bits per heavy atom. The first-order chi connectivity index (χ1) is 12.2. The van der Waals surface area contributed by atoms with Crippen LogP contribution in [-0.4, -0.2) is 18.9 Å². The zero-order valence-corrected chi connectivity index (χ0v) is 15.0. The second kappa shape index (κ2) is 7.82. The van der Waals surface area contributed by atoms with Gasteiger partial charge in [0.05, 0.1) is 4.90 Å². The Hall–Kier alpha value is -3.15. The van der Waals surface area contributed by atoms with Gasteiger partial charge in [-0.1, -0.05) is 18.2 Å². The lowest BCUT2D eigenvalue weighted by molar-refractivity contribution is -0.112. The molecule has 0 unspecified atom stereocenters. The number of hydrogen-bond donors (Lipinski definition) is 3. The summed E-state index contributed by atoms with van der Waals surface area (Å²) in [7, 11) is -4.39. The predicted molar refractivity (Wildman–Crippen MR) is 98.1 cm³/mol. The molecular formula is C18H17N3O4S. The molecule has 0 aromatic heterocycles. The van der Waals surface area contributed by atoms with Crippen LogP contribution in [0.4, 0.5) is 11.4 Å². The highest BCUT2D eigenvalue weighted by Crippen LogP contribution is 2.19. The number of rotatable bonds is 5. The van der Waals surface area contributed by atoms with Crippen molar-refractivity contribution in [2.45, 2.75) is 18.7 Å². The largest absolute Gasteiger partial charge is 0.360 e. The topological polar surface area (TPSA) is 119 Å². The first-order valence-electron chi connectivity index (χ1n) is 7.54. The number of carbonyl (C=O) groups excluding carboxylic acids is 1. The van der Waals surface area contributed by atoms with Crippen LogP contribution in [0.2, 0.25) is 0 Å². The fourth-order valence-electron chi connectivity index (χ4n) is 2.14. The lowest BCUT2D eigenvalue weighted by Crippen LogP contribution is -2.15. The number of nitrogens with zero attached hydrogens (tertiary/aromatic N) is 1. The second-order valence-corrected chi connectivity index (χ2v) is 6.94. The lowest BCUT2D eigenvalue weighted by atomic mass is 10.1. The number of hydrogen-bond acceptors (Lipinski definition) is 5. The minimum atomic E-state index is -4.39. The minimum Gasteiger partial charge on any atom is -0.360 e. The molecule has 0 aliphatic rings. The van der Waals surface area contributed by atoms with Gasteiger partial charge in [-0.3, -0.25) is 9.35 Å². The first-order valence-corrected chi connectivity index (χ1v) is 8.98. The van der Waals surface area contributed by atoms with Crippen molar-refractivity contribution in [3.8, 4) is 6.07 Å². The molecule has 7 nitrogen and oxygen atoms in total. The Kier molecular flexibility index (Phi) is 5.77. The van der Waals surface area contributed by atoms with Gasteiger partial charge in [0.15, 0.2) is 0 Å². The van der Waals surface area contributed by atoms with Crippen LogP contribution in [0.3, 0.4) is 0 Å². The molecule has 26 heavy (non-hydrogen) atoms. The Morgan fingerprint density at radius 3 is 2.54 bits per heavy atom. The standard InChI is InChI=1S/C18H17N3O4S/c1-12-5-3-8-17(13(12)2)20-11-14(10-19)18(22)21-15-6-4-7-16(9-15)26(23,24)25/h3-9,11,20H,1-2H3,(H,21,22)(H,23,24,25)/b14-11-. The highest BCUT2D eigenvalue weighted by atomic mass is 32.2. The summed E-state index contributed by atoms with van der Waals surface area (Å²) in [4.78, 5) is 11.9. The zero-order chi connectivity index (χ0) is 19.3. The van der Waals surface area contributed by atoms with Crippen LogP contribution < -0.4 is 10.6 Å². The van der Waals surface area contributed by atoms with Crippen molar-refractivity contribution >= 4 is 27.4 Å². The van der Waals surface area contributed by atoms with Crippen LogP contribution in [0.1, 0.15) is 11.1 Å². The van der Waals surface area contributed by atoms with Crippen LogP contribution in [0.25, 0.3) is 0 Å². The highest BCUT2D eigenvalue weighted by Gasteiger charge is 2.13. The molecule has 2 rings (SSSR count). The van der Waals surface area contributed by atoms with Crippen molar-refractivity contribution in [2.75, 3.05) is 10.6 Å². The molecular weight excluding hydrogens is 354 g/mol. The van der Waals surface area contributed by atoms with Crippen molar-refractivity contribution in [3.05, 3.63) is 65.4 Å². The summed E-state index contributed by atoms with van der Waals surface area (Å²) in [5, 5.41) is 14.6. The van der Waals surface area contributed by atoms with Crippen LogP contribution in [0, 0.1) is 25.2 Å². The zero-order valence-electron chi connectivity index (χ0n) is 14.1. The molecule has 0 atom stereocenters. The lowest BCUT2D eigenvalue weighted by Gasteiger charge is -2.09. The molecule has 0 radical (unpaired) electrons. The molecule has 0 aliphatic carbocycles. The third-order valence-electron chi connectivity index (χ3n) is 3.73. The van der Waals surface area contributed by atoms with Gasteiger partial charge < -0.3 is 10.6 Å². The Morgan fingerprint density at radius 2 is 1.88 bits per heavy atom. The van der Waals surface area contributed by atoms with Gasteiger partial charge in [-0.15, -0.1) is 0 Å². The second-order valence-electron chi connectivity index (χ2n) is 5.52. The normalized spacial score (nSPS) is 11.5. The number of aryl methyl sites for hydroxylation is 1. The van der Waals surface area contributed by atoms with Crippen LogP contribution >= 0.6 is 0 Å². The van der Waals surface area contributed by atoms with E-state index in [0.717, 1.165) is 22.9 Å². The van der Waals surface area contributed by atoms with E-state index in [1.807, 2.05) is 32.0 Å². The third kappa shape index (κ3) is 4.69. The smallest absolute Gasteiger partial charge is 0.294 e. The van der Waals surface area contributed by atoms with Gasteiger partial charge >= 0.3 is 0 Å². The van der Waals surface area contributed by atoms with E-state index in [2.05, 4.69) is 10.6 Å². The molecule has 0 saturated heterocycles. The quantitative estimate of drug-likeness (QED) is 0.422. The number of anilines is 2. The van der Waals surface area contributed by atoms with Crippen molar-refractivity contribution < 1.29 is 17.8 Å². The SMILES string of the molecule is Cc1cccc(N/C=C(/C#N)C(=O)Nc2cccc(S(=O)(=O)O)c2)c1C.